The maximum atomic E-state index is 14.1. The van der Waals surface area contributed by atoms with E-state index in [1.54, 1.807) is 10.8 Å². The molecule has 3 rings (SSSR count). The third kappa shape index (κ3) is 2.54. The Morgan fingerprint density at radius 1 is 1.43 bits per heavy atom. The van der Waals surface area contributed by atoms with Crippen molar-refractivity contribution in [3.63, 3.8) is 0 Å². The van der Waals surface area contributed by atoms with Crippen LogP contribution >= 0.6 is 0 Å². The normalized spacial score (nSPS) is 17.5. The Morgan fingerprint density at radius 3 is 2.95 bits per heavy atom. The first kappa shape index (κ1) is 13.8. The van der Waals surface area contributed by atoms with Gasteiger partial charge in [0.15, 0.2) is 0 Å². The van der Waals surface area contributed by atoms with Crippen molar-refractivity contribution in [1.82, 2.24) is 4.57 Å². The van der Waals surface area contributed by atoms with E-state index >= 15 is 0 Å². The molecule has 0 spiro atoms. The van der Waals surface area contributed by atoms with E-state index in [1.807, 2.05) is 6.20 Å². The number of halogens is 1. The number of aliphatic hydroxyl groups excluding tert-OH is 1. The number of fused-ring (bicyclic) bond motifs is 1. The lowest BCUT2D eigenvalue weighted by atomic mass is 9.93. The van der Waals surface area contributed by atoms with Crippen LogP contribution in [0.25, 0.3) is 0 Å². The summed E-state index contributed by atoms with van der Waals surface area (Å²) < 4.78 is 15.8. The molecule has 0 aliphatic heterocycles. The molecular formula is C15H15FN2O3. The summed E-state index contributed by atoms with van der Waals surface area (Å²) in [6, 6.07) is 4.18. The molecule has 0 saturated heterocycles. The van der Waals surface area contributed by atoms with Crippen LogP contribution in [0.5, 0.6) is 0 Å². The highest BCUT2D eigenvalue weighted by Gasteiger charge is 2.21. The van der Waals surface area contributed by atoms with E-state index in [0.29, 0.717) is 0 Å². The molecule has 1 N–H and O–H groups in total. The zero-order chi connectivity index (χ0) is 15.0. The summed E-state index contributed by atoms with van der Waals surface area (Å²) in [5.41, 5.74) is 1.71. The zero-order valence-electron chi connectivity index (χ0n) is 11.3. The van der Waals surface area contributed by atoms with Crippen LogP contribution in [0.1, 0.15) is 35.6 Å². The molecule has 1 atom stereocenters. The lowest BCUT2D eigenvalue weighted by molar-refractivity contribution is -0.387. The molecule has 1 aliphatic carbocycles. The molecule has 1 aliphatic rings. The minimum Gasteiger partial charge on any atom is -0.388 e. The van der Waals surface area contributed by atoms with Gasteiger partial charge in [-0.2, -0.15) is 4.39 Å². The van der Waals surface area contributed by atoms with Crippen molar-refractivity contribution in [2.24, 2.45) is 0 Å². The van der Waals surface area contributed by atoms with E-state index in [-0.39, 0.29) is 12.1 Å². The second-order valence-corrected chi connectivity index (χ2v) is 5.33. The largest absolute Gasteiger partial charge is 0.388 e. The summed E-state index contributed by atoms with van der Waals surface area (Å²) in [5, 5.41) is 20.7. The summed E-state index contributed by atoms with van der Waals surface area (Å²) in [5.74, 6) is -0.797. The second kappa shape index (κ2) is 5.29. The molecular weight excluding hydrogens is 275 g/mol. The summed E-state index contributed by atoms with van der Waals surface area (Å²) in [6.45, 7) is 0.216. The first-order valence-electron chi connectivity index (χ1n) is 6.84. The molecule has 21 heavy (non-hydrogen) atoms. The van der Waals surface area contributed by atoms with Gasteiger partial charge in [0.1, 0.15) is 0 Å². The number of aromatic nitrogens is 1. The SMILES string of the molecule is O=[N+]([O-])c1cccc(Cn2cc3c(c2)C(O)CCC3)c1F. The first-order chi connectivity index (χ1) is 10.1. The lowest BCUT2D eigenvalue weighted by Crippen LogP contribution is -2.05. The fourth-order valence-electron chi connectivity index (χ4n) is 2.84. The number of nitro groups is 1. The Morgan fingerprint density at radius 2 is 2.24 bits per heavy atom. The standard InChI is InChI=1S/C15H15FN2O3/c16-15-11(4-1-5-13(15)18(20)21)8-17-7-10-3-2-6-14(19)12(10)9-17/h1,4-5,7,9,14,19H,2-3,6,8H2. The molecule has 1 heterocycles. The van der Waals surface area contributed by atoms with E-state index in [1.165, 1.54) is 12.1 Å². The highest BCUT2D eigenvalue weighted by molar-refractivity contribution is 5.37. The van der Waals surface area contributed by atoms with Gasteiger partial charge in [0.05, 0.1) is 17.6 Å². The Bertz CT molecular complexity index is 696. The van der Waals surface area contributed by atoms with Gasteiger partial charge in [-0.25, -0.2) is 0 Å². The van der Waals surface area contributed by atoms with E-state index in [9.17, 15) is 19.6 Å². The Labute approximate surface area is 120 Å². The number of rotatable bonds is 3. The number of nitro benzene ring substituents is 1. The predicted octanol–water partition coefficient (Wildman–Crippen LogP) is 2.95. The number of hydrogen-bond donors (Lipinski definition) is 1. The van der Waals surface area contributed by atoms with Crippen LogP contribution in [0.2, 0.25) is 0 Å². The van der Waals surface area contributed by atoms with Crippen molar-refractivity contribution in [3.05, 3.63) is 63.2 Å². The quantitative estimate of drug-likeness (QED) is 0.698. The molecule has 2 aromatic rings. The van der Waals surface area contributed by atoms with Crippen molar-refractivity contribution < 1.29 is 14.4 Å². The maximum absolute atomic E-state index is 14.1. The van der Waals surface area contributed by atoms with E-state index in [0.717, 1.165) is 36.5 Å². The minimum absolute atomic E-state index is 0.216. The highest BCUT2D eigenvalue weighted by atomic mass is 19.1. The first-order valence-corrected chi connectivity index (χ1v) is 6.84. The maximum Gasteiger partial charge on any atom is 0.305 e. The van der Waals surface area contributed by atoms with Crippen LogP contribution in [0.4, 0.5) is 10.1 Å². The van der Waals surface area contributed by atoms with Crippen molar-refractivity contribution in [2.45, 2.75) is 31.9 Å². The van der Waals surface area contributed by atoms with Crippen LogP contribution in [0.3, 0.4) is 0 Å². The second-order valence-electron chi connectivity index (χ2n) is 5.33. The molecule has 0 fully saturated rings. The summed E-state index contributed by atoms with van der Waals surface area (Å²) in [6.07, 6.45) is 5.79. The third-order valence-electron chi connectivity index (χ3n) is 3.89. The molecule has 0 saturated carbocycles. The average Bonchev–Trinajstić information content (AvgIpc) is 2.85. The summed E-state index contributed by atoms with van der Waals surface area (Å²) >= 11 is 0. The Hall–Kier alpha value is -2.21. The molecule has 0 radical (unpaired) electrons. The van der Waals surface area contributed by atoms with Gasteiger partial charge < -0.3 is 9.67 Å². The Kier molecular flexibility index (Phi) is 3.47. The number of hydrogen-bond acceptors (Lipinski definition) is 3. The number of benzene rings is 1. The fraction of sp³-hybridized carbons (Fsp3) is 0.333. The van der Waals surface area contributed by atoms with Crippen molar-refractivity contribution in [1.29, 1.82) is 0 Å². The molecule has 0 bridgehead atoms. The van der Waals surface area contributed by atoms with Crippen molar-refractivity contribution in [2.75, 3.05) is 0 Å². The summed E-state index contributed by atoms with van der Waals surface area (Å²) in [4.78, 5) is 10.0. The van der Waals surface area contributed by atoms with E-state index in [2.05, 4.69) is 0 Å². The molecule has 1 aromatic heterocycles. The van der Waals surface area contributed by atoms with Gasteiger partial charge in [-0.15, -0.1) is 0 Å². The van der Waals surface area contributed by atoms with Crippen LogP contribution < -0.4 is 0 Å². The van der Waals surface area contributed by atoms with Crippen LogP contribution in [-0.2, 0) is 13.0 Å². The van der Waals surface area contributed by atoms with Gasteiger partial charge in [0.2, 0.25) is 5.82 Å². The monoisotopic (exact) mass is 290 g/mol. The van der Waals surface area contributed by atoms with Crippen LogP contribution in [0, 0.1) is 15.9 Å². The van der Waals surface area contributed by atoms with Crippen molar-refractivity contribution in [3.8, 4) is 0 Å². The van der Waals surface area contributed by atoms with Crippen LogP contribution in [0.15, 0.2) is 30.6 Å². The minimum atomic E-state index is -0.797. The highest BCUT2D eigenvalue weighted by Crippen LogP contribution is 2.30. The topological polar surface area (TPSA) is 68.3 Å². The van der Waals surface area contributed by atoms with E-state index in [4.69, 9.17) is 0 Å². The third-order valence-corrected chi connectivity index (χ3v) is 3.89. The van der Waals surface area contributed by atoms with Gasteiger partial charge in [0.25, 0.3) is 0 Å². The molecule has 0 amide bonds. The molecule has 110 valence electrons. The number of nitrogens with zero attached hydrogens (tertiary/aromatic N) is 2. The van der Waals surface area contributed by atoms with Gasteiger partial charge in [-0.3, -0.25) is 10.1 Å². The van der Waals surface area contributed by atoms with Crippen molar-refractivity contribution >= 4 is 5.69 Å². The van der Waals surface area contributed by atoms with Gasteiger partial charge in [-0.1, -0.05) is 12.1 Å². The average molecular weight is 290 g/mol. The lowest BCUT2D eigenvalue weighted by Gasteiger charge is -2.16. The smallest absolute Gasteiger partial charge is 0.305 e. The molecule has 6 heteroatoms. The summed E-state index contributed by atoms with van der Waals surface area (Å²) in [7, 11) is 0. The fourth-order valence-corrected chi connectivity index (χ4v) is 2.84. The van der Waals surface area contributed by atoms with E-state index < -0.39 is 22.5 Å². The Balaban J connectivity index is 1.91. The van der Waals surface area contributed by atoms with Crippen LogP contribution in [-0.4, -0.2) is 14.6 Å². The predicted molar refractivity (Wildman–Crippen MR) is 74.5 cm³/mol. The molecule has 5 nitrogen and oxygen atoms in total. The van der Waals surface area contributed by atoms with Gasteiger partial charge in [-0.05, 0) is 24.8 Å². The zero-order valence-corrected chi connectivity index (χ0v) is 11.3. The van der Waals surface area contributed by atoms with Gasteiger partial charge in [0, 0.05) is 29.6 Å². The van der Waals surface area contributed by atoms with Gasteiger partial charge >= 0.3 is 5.69 Å². The molecule has 1 aromatic carbocycles. The number of aliphatic hydroxyl groups is 1. The number of aryl methyl sites for hydroxylation is 1. The molecule has 1 unspecified atom stereocenters.